The van der Waals surface area contributed by atoms with Crippen molar-refractivity contribution in [3.63, 3.8) is 0 Å². The molecule has 2 bridgehead atoms. The Morgan fingerprint density at radius 1 is 1.05 bits per heavy atom. The third kappa shape index (κ3) is 5.85. The summed E-state index contributed by atoms with van der Waals surface area (Å²) in [5, 5.41) is 3.25. The number of hydrogen-bond acceptors (Lipinski definition) is 4. The molecule has 0 aromatic heterocycles. The summed E-state index contributed by atoms with van der Waals surface area (Å²) in [6, 6.07) is 11.0. The first-order valence-corrected chi connectivity index (χ1v) is 15.8. The van der Waals surface area contributed by atoms with Crippen molar-refractivity contribution in [2.24, 2.45) is 5.92 Å². The highest BCUT2D eigenvalue weighted by molar-refractivity contribution is 5.79. The quantitative estimate of drug-likeness (QED) is 0.433. The van der Waals surface area contributed by atoms with Crippen LogP contribution in [0.3, 0.4) is 0 Å². The second-order valence-corrected chi connectivity index (χ2v) is 13.6. The van der Waals surface area contributed by atoms with Crippen molar-refractivity contribution >= 4 is 11.9 Å². The van der Waals surface area contributed by atoms with E-state index in [0.29, 0.717) is 18.6 Å². The number of ether oxygens (including phenoxy) is 1. The van der Waals surface area contributed by atoms with E-state index in [1.807, 2.05) is 35.2 Å². The van der Waals surface area contributed by atoms with Gasteiger partial charge in [0.15, 0.2) is 0 Å². The highest BCUT2D eigenvalue weighted by Crippen LogP contribution is 2.48. The molecule has 1 aromatic carbocycles. The van der Waals surface area contributed by atoms with Gasteiger partial charge in [-0.15, -0.1) is 0 Å². The number of benzene rings is 1. The molecule has 7 nitrogen and oxygen atoms in total. The van der Waals surface area contributed by atoms with Crippen LogP contribution >= 0.6 is 0 Å². The van der Waals surface area contributed by atoms with E-state index in [0.717, 1.165) is 63.8 Å². The van der Waals surface area contributed by atoms with Crippen molar-refractivity contribution < 1.29 is 23.1 Å². The van der Waals surface area contributed by atoms with Crippen LogP contribution in [0.25, 0.3) is 0 Å². The first-order valence-electron chi connectivity index (χ1n) is 15.8. The molecule has 226 valence electrons. The van der Waals surface area contributed by atoms with Gasteiger partial charge in [0.2, 0.25) is 11.8 Å². The number of rotatable bonds is 9. The van der Waals surface area contributed by atoms with Gasteiger partial charge in [-0.25, -0.2) is 13.6 Å². The maximum absolute atomic E-state index is 13.7. The van der Waals surface area contributed by atoms with Crippen molar-refractivity contribution in [2.45, 2.75) is 120 Å². The number of halogens is 2. The lowest BCUT2D eigenvalue weighted by molar-refractivity contribution is -0.130. The minimum Gasteiger partial charge on any atom is -0.376 e. The number of carbonyl (C=O) groups excluding carboxylic acids is 2. The predicted molar refractivity (Wildman–Crippen MR) is 153 cm³/mol. The van der Waals surface area contributed by atoms with Crippen LogP contribution in [-0.2, 0) is 9.53 Å². The normalized spacial score (nSPS) is 32.5. The van der Waals surface area contributed by atoms with Gasteiger partial charge in [0.25, 0.3) is 0 Å². The number of urea groups is 1. The van der Waals surface area contributed by atoms with Crippen LogP contribution in [0, 0.1) is 5.92 Å². The Morgan fingerprint density at radius 3 is 2.29 bits per heavy atom. The van der Waals surface area contributed by atoms with Crippen LogP contribution in [0.2, 0.25) is 0 Å². The van der Waals surface area contributed by atoms with E-state index in [1.54, 1.807) is 0 Å². The summed E-state index contributed by atoms with van der Waals surface area (Å²) < 4.78 is 33.1. The fourth-order valence-corrected chi connectivity index (χ4v) is 8.42. The summed E-state index contributed by atoms with van der Waals surface area (Å²) in [6.45, 7) is 7.42. The Labute approximate surface area is 242 Å². The highest BCUT2D eigenvalue weighted by atomic mass is 19.3. The second-order valence-electron chi connectivity index (χ2n) is 13.6. The molecule has 1 spiro atoms. The van der Waals surface area contributed by atoms with E-state index in [4.69, 9.17) is 4.74 Å². The lowest BCUT2D eigenvalue weighted by Gasteiger charge is -2.49. The topological polar surface area (TPSA) is 65.1 Å². The molecule has 41 heavy (non-hydrogen) atoms. The number of nitrogens with zero attached hydrogens (tertiary/aromatic N) is 3. The molecule has 5 fully saturated rings. The van der Waals surface area contributed by atoms with Crippen LogP contribution in [-0.4, -0.2) is 88.6 Å². The van der Waals surface area contributed by atoms with Crippen LogP contribution < -0.4 is 5.32 Å². The maximum atomic E-state index is 13.7. The highest BCUT2D eigenvalue weighted by Gasteiger charge is 2.58. The first-order chi connectivity index (χ1) is 19.6. The lowest BCUT2D eigenvalue weighted by Crippen LogP contribution is -2.60. The number of hydrogen-bond donors (Lipinski definition) is 1. The average molecular weight is 573 g/mol. The van der Waals surface area contributed by atoms with Crippen molar-refractivity contribution in [3.05, 3.63) is 35.9 Å². The smallest absolute Gasteiger partial charge is 0.320 e. The molecule has 1 N–H and O–H groups in total. The Kier molecular flexibility index (Phi) is 8.05. The SMILES string of the molecule is CC(C)N1C(=O)N(CC2CCO2)CC12CC1CCC(C2)N1CC[C@H](NC(=O)C1CCC(F)(F)CC1)c1ccccc1. The van der Waals surface area contributed by atoms with Crippen molar-refractivity contribution in [3.8, 4) is 0 Å². The third-order valence-corrected chi connectivity index (χ3v) is 10.5. The molecule has 6 rings (SSSR count). The van der Waals surface area contributed by atoms with Gasteiger partial charge in [0, 0.05) is 63.1 Å². The zero-order valence-corrected chi connectivity index (χ0v) is 24.6. The van der Waals surface area contributed by atoms with Crippen LogP contribution in [0.1, 0.15) is 89.7 Å². The number of carbonyl (C=O) groups is 2. The van der Waals surface area contributed by atoms with Crippen molar-refractivity contribution in [1.29, 1.82) is 0 Å². The summed E-state index contributed by atoms with van der Waals surface area (Å²) in [6.07, 6.45) is 6.29. The molecule has 0 radical (unpaired) electrons. The first kappa shape index (κ1) is 28.8. The summed E-state index contributed by atoms with van der Waals surface area (Å²) in [5.41, 5.74) is 0.928. The summed E-state index contributed by atoms with van der Waals surface area (Å²) in [7, 11) is 0. The molecule has 1 aromatic rings. The molecule has 4 heterocycles. The van der Waals surface area contributed by atoms with Gasteiger partial charge in [0.05, 0.1) is 17.7 Å². The zero-order chi connectivity index (χ0) is 28.8. The largest absolute Gasteiger partial charge is 0.376 e. The fourth-order valence-electron chi connectivity index (χ4n) is 8.42. The lowest BCUT2D eigenvalue weighted by atomic mass is 9.81. The van der Waals surface area contributed by atoms with E-state index in [2.05, 4.69) is 29.0 Å². The predicted octanol–water partition coefficient (Wildman–Crippen LogP) is 5.36. The van der Waals surface area contributed by atoms with Crippen molar-refractivity contribution in [1.82, 2.24) is 20.0 Å². The molecule has 4 aliphatic heterocycles. The summed E-state index contributed by atoms with van der Waals surface area (Å²) in [4.78, 5) is 33.6. The fraction of sp³-hybridized carbons (Fsp3) is 0.750. The van der Waals surface area contributed by atoms with Gasteiger partial charge in [-0.05, 0) is 70.8 Å². The van der Waals surface area contributed by atoms with Crippen LogP contribution in [0.15, 0.2) is 30.3 Å². The number of nitrogens with one attached hydrogen (secondary N) is 1. The van der Waals surface area contributed by atoms with E-state index in [9.17, 15) is 18.4 Å². The maximum Gasteiger partial charge on any atom is 0.320 e. The Hall–Kier alpha value is -2.26. The van der Waals surface area contributed by atoms with Gasteiger partial charge < -0.3 is 19.9 Å². The Balaban J connectivity index is 1.12. The van der Waals surface area contributed by atoms with E-state index >= 15 is 0 Å². The average Bonchev–Trinajstić information content (AvgIpc) is 3.32. The zero-order valence-electron chi connectivity index (χ0n) is 24.6. The summed E-state index contributed by atoms with van der Waals surface area (Å²) >= 11 is 0. The minimum atomic E-state index is -2.64. The van der Waals surface area contributed by atoms with Crippen LogP contribution in [0.5, 0.6) is 0 Å². The molecule has 3 amide bonds. The molecular weight excluding hydrogens is 526 g/mol. The van der Waals surface area contributed by atoms with Crippen LogP contribution in [0.4, 0.5) is 13.6 Å². The molecule has 5 aliphatic rings. The standard InChI is InChI=1S/C32H46F2N4O3/c1-22(2)38-30(40)36(20-27-13-17-41-27)21-31(38)18-25-8-9-26(19-31)37(25)16-12-28(23-6-4-3-5-7-23)35-29(39)24-10-14-32(33,34)15-11-24/h3-7,22,24-28H,8-21H2,1-2H3,(H,35,39)/t25?,26?,27?,28-,31?/m0/s1. The molecule has 9 heteroatoms. The molecule has 1 aliphatic carbocycles. The van der Waals surface area contributed by atoms with E-state index < -0.39 is 5.92 Å². The van der Waals surface area contributed by atoms with E-state index in [1.165, 1.54) is 0 Å². The number of amides is 3. The van der Waals surface area contributed by atoms with Gasteiger partial charge in [-0.2, -0.15) is 0 Å². The van der Waals surface area contributed by atoms with Gasteiger partial charge in [-0.1, -0.05) is 30.3 Å². The third-order valence-electron chi connectivity index (χ3n) is 10.5. The molecular formula is C32H46F2N4O3. The minimum absolute atomic E-state index is 0.0949. The van der Waals surface area contributed by atoms with Crippen molar-refractivity contribution in [2.75, 3.05) is 26.2 Å². The Bertz CT molecular complexity index is 1070. The molecule has 4 saturated heterocycles. The number of piperidine rings is 1. The molecule has 4 atom stereocenters. The number of fused-ring (bicyclic) bond motifs is 2. The van der Waals surface area contributed by atoms with Gasteiger partial charge in [-0.3, -0.25) is 9.69 Å². The second kappa shape index (κ2) is 11.4. The molecule has 3 unspecified atom stereocenters. The number of alkyl halides is 2. The Morgan fingerprint density at radius 2 is 1.71 bits per heavy atom. The van der Waals surface area contributed by atoms with Gasteiger partial charge >= 0.3 is 6.03 Å². The molecule has 1 saturated carbocycles. The monoisotopic (exact) mass is 572 g/mol. The van der Waals surface area contributed by atoms with Gasteiger partial charge in [0.1, 0.15) is 0 Å². The summed E-state index contributed by atoms with van der Waals surface area (Å²) in [5.74, 6) is -3.08. The van der Waals surface area contributed by atoms with E-state index in [-0.39, 0.29) is 67.3 Å².